The lowest BCUT2D eigenvalue weighted by molar-refractivity contribution is 0.194. The molecule has 3 aromatic rings. The van der Waals surface area contributed by atoms with Gasteiger partial charge in [0.15, 0.2) is 11.5 Å². The fraction of sp³-hybridized carbons (Fsp3) is 0.227. The molecule has 7 heteroatoms. The number of fused-ring (bicyclic) bond motifs is 1. The van der Waals surface area contributed by atoms with Crippen LogP contribution in [0.5, 0.6) is 11.5 Å². The lowest BCUT2D eigenvalue weighted by atomic mass is 9.91. The molecule has 1 unspecified atom stereocenters. The van der Waals surface area contributed by atoms with Gasteiger partial charge in [0, 0.05) is 11.4 Å². The number of nitrogens with zero attached hydrogens (tertiary/aromatic N) is 1. The predicted octanol–water partition coefficient (Wildman–Crippen LogP) is 5.08. The normalized spacial score (nSPS) is 15.6. The monoisotopic (exact) mass is 412 g/mol. The number of rotatable bonds is 4. The van der Waals surface area contributed by atoms with Gasteiger partial charge < -0.3 is 19.7 Å². The largest absolute Gasteiger partial charge is 0.493 e. The van der Waals surface area contributed by atoms with E-state index in [4.69, 9.17) is 9.47 Å². The second kappa shape index (κ2) is 8.13. The maximum absolute atomic E-state index is 14.0. The van der Waals surface area contributed by atoms with E-state index in [0.717, 1.165) is 16.0 Å². The number of nitrogens with one attached hydrogen (secondary N) is 1. The van der Waals surface area contributed by atoms with Crippen molar-refractivity contribution in [1.82, 2.24) is 4.90 Å². The number of hydrogen-bond acceptors (Lipinski definition) is 4. The van der Waals surface area contributed by atoms with Gasteiger partial charge >= 0.3 is 6.03 Å². The number of hydrogen-bond donors (Lipinski definition) is 1. The highest BCUT2D eigenvalue weighted by Gasteiger charge is 2.34. The van der Waals surface area contributed by atoms with Gasteiger partial charge in [-0.2, -0.15) is 0 Å². The van der Waals surface area contributed by atoms with E-state index in [-0.39, 0.29) is 17.8 Å². The number of thiophene rings is 1. The molecule has 29 heavy (non-hydrogen) atoms. The number of urea groups is 1. The quantitative estimate of drug-likeness (QED) is 0.650. The van der Waals surface area contributed by atoms with E-state index in [2.05, 4.69) is 5.32 Å². The van der Waals surface area contributed by atoms with E-state index in [1.165, 1.54) is 6.07 Å². The number of carbonyl (C=O) groups excluding carboxylic acids is 1. The first-order valence-electron chi connectivity index (χ1n) is 9.22. The van der Waals surface area contributed by atoms with Gasteiger partial charge in [0.1, 0.15) is 5.82 Å². The molecular weight excluding hydrogens is 391 g/mol. The fourth-order valence-electron chi connectivity index (χ4n) is 3.67. The molecule has 2 heterocycles. The van der Waals surface area contributed by atoms with E-state index in [1.54, 1.807) is 48.7 Å². The van der Waals surface area contributed by atoms with Gasteiger partial charge in [-0.05, 0) is 53.3 Å². The van der Waals surface area contributed by atoms with Crippen LogP contribution in [0.2, 0.25) is 0 Å². The van der Waals surface area contributed by atoms with Crippen LogP contribution in [-0.4, -0.2) is 31.7 Å². The number of methoxy groups -OCH3 is 2. The Bertz CT molecular complexity index is 1020. The molecule has 5 nitrogen and oxygen atoms in total. The molecule has 0 spiro atoms. The molecule has 1 aliphatic rings. The van der Waals surface area contributed by atoms with Gasteiger partial charge in [-0.15, -0.1) is 11.3 Å². The number of benzene rings is 2. The van der Waals surface area contributed by atoms with Crippen LogP contribution in [0.15, 0.2) is 53.9 Å². The van der Waals surface area contributed by atoms with Crippen LogP contribution >= 0.6 is 11.3 Å². The molecule has 1 atom stereocenters. The molecule has 1 aromatic heterocycles. The number of carbonyl (C=O) groups is 1. The van der Waals surface area contributed by atoms with E-state index >= 15 is 0 Å². The number of para-hydroxylation sites is 1. The SMILES string of the molecule is COc1cc2c(cc1OC)C(c1cccs1)N(C(=O)Nc1ccccc1F)CC2. The molecule has 150 valence electrons. The van der Waals surface area contributed by atoms with Crippen LogP contribution in [-0.2, 0) is 6.42 Å². The third-order valence-corrected chi connectivity index (χ3v) is 5.99. The van der Waals surface area contributed by atoms with Crippen LogP contribution < -0.4 is 14.8 Å². The summed E-state index contributed by atoms with van der Waals surface area (Å²) in [5.74, 6) is 0.821. The maximum Gasteiger partial charge on any atom is 0.322 e. The number of amides is 2. The summed E-state index contributed by atoms with van der Waals surface area (Å²) >= 11 is 1.58. The van der Waals surface area contributed by atoms with E-state index in [1.807, 2.05) is 29.6 Å². The highest BCUT2D eigenvalue weighted by molar-refractivity contribution is 7.10. The van der Waals surface area contributed by atoms with Crippen molar-refractivity contribution in [3.63, 3.8) is 0 Å². The van der Waals surface area contributed by atoms with Gasteiger partial charge in [-0.1, -0.05) is 18.2 Å². The second-order valence-corrected chi connectivity index (χ2v) is 7.66. The second-order valence-electron chi connectivity index (χ2n) is 6.68. The van der Waals surface area contributed by atoms with Crippen molar-refractivity contribution in [2.45, 2.75) is 12.5 Å². The van der Waals surface area contributed by atoms with Crippen LogP contribution in [0, 0.1) is 5.82 Å². The van der Waals surface area contributed by atoms with Crippen molar-refractivity contribution in [2.75, 3.05) is 26.1 Å². The fourth-order valence-corrected chi connectivity index (χ4v) is 4.52. The Balaban J connectivity index is 1.74. The van der Waals surface area contributed by atoms with Crippen LogP contribution in [0.4, 0.5) is 14.9 Å². The highest BCUT2D eigenvalue weighted by Crippen LogP contribution is 2.42. The molecule has 0 saturated carbocycles. The van der Waals surface area contributed by atoms with Gasteiger partial charge in [-0.3, -0.25) is 0 Å². The zero-order valence-corrected chi connectivity index (χ0v) is 17.0. The van der Waals surface area contributed by atoms with Crippen molar-refractivity contribution >= 4 is 23.1 Å². The Morgan fingerprint density at radius 3 is 2.59 bits per heavy atom. The summed E-state index contributed by atoms with van der Waals surface area (Å²) in [4.78, 5) is 15.9. The zero-order valence-electron chi connectivity index (χ0n) is 16.1. The van der Waals surface area contributed by atoms with Crippen molar-refractivity contribution < 1.29 is 18.7 Å². The average Bonchev–Trinajstić information content (AvgIpc) is 3.27. The topological polar surface area (TPSA) is 50.8 Å². The van der Waals surface area contributed by atoms with Crippen molar-refractivity contribution in [2.24, 2.45) is 0 Å². The maximum atomic E-state index is 14.0. The Morgan fingerprint density at radius 2 is 1.90 bits per heavy atom. The molecule has 2 amide bonds. The Hall–Kier alpha value is -3.06. The lowest BCUT2D eigenvalue weighted by Crippen LogP contribution is -2.42. The average molecular weight is 412 g/mol. The van der Waals surface area contributed by atoms with Crippen LogP contribution in [0.1, 0.15) is 22.0 Å². The standard InChI is InChI=1S/C22H21FN2O3S/c1-27-18-12-14-9-10-25(22(26)24-17-7-4-3-6-16(17)23)21(20-8-5-11-29-20)15(14)13-19(18)28-2/h3-8,11-13,21H,9-10H2,1-2H3,(H,24,26). The molecule has 0 bridgehead atoms. The van der Waals surface area contributed by atoms with E-state index < -0.39 is 5.82 Å². The highest BCUT2D eigenvalue weighted by atomic mass is 32.1. The Labute approximate surface area is 172 Å². The summed E-state index contributed by atoms with van der Waals surface area (Å²) in [7, 11) is 3.20. The number of halogens is 1. The third kappa shape index (κ3) is 3.65. The molecule has 0 aliphatic carbocycles. The molecule has 2 aromatic carbocycles. The summed E-state index contributed by atoms with van der Waals surface area (Å²) in [6, 6.07) is 13.4. The van der Waals surface area contributed by atoms with E-state index in [9.17, 15) is 9.18 Å². The summed E-state index contributed by atoms with van der Waals surface area (Å²) in [6.07, 6.45) is 0.669. The first kappa shape index (κ1) is 19.3. The summed E-state index contributed by atoms with van der Waals surface area (Å²) in [6.45, 7) is 0.505. The molecular formula is C22H21FN2O3S. The molecule has 0 radical (unpaired) electrons. The van der Waals surface area contributed by atoms with Gasteiger partial charge in [0.05, 0.1) is 25.9 Å². The smallest absolute Gasteiger partial charge is 0.322 e. The molecule has 0 fully saturated rings. The first-order chi connectivity index (χ1) is 14.1. The molecule has 0 saturated heterocycles. The minimum absolute atomic E-state index is 0.167. The third-order valence-electron chi connectivity index (χ3n) is 5.06. The summed E-state index contributed by atoms with van der Waals surface area (Å²) in [5, 5.41) is 4.70. The van der Waals surface area contributed by atoms with Crippen molar-refractivity contribution in [3.8, 4) is 11.5 Å². The summed E-state index contributed by atoms with van der Waals surface area (Å²) < 4.78 is 25.0. The van der Waals surface area contributed by atoms with Gasteiger partial charge in [-0.25, -0.2) is 9.18 Å². The first-order valence-corrected chi connectivity index (χ1v) is 10.1. The molecule has 1 aliphatic heterocycles. The number of anilines is 1. The number of ether oxygens (including phenoxy) is 2. The predicted molar refractivity (Wildman–Crippen MR) is 112 cm³/mol. The van der Waals surface area contributed by atoms with E-state index in [0.29, 0.717) is 24.5 Å². The minimum Gasteiger partial charge on any atom is -0.493 e. The van der Waals surface area contributed by atoms with Gasteiger partial charge in [0.25, 0.3) is 0 Å². The molecule has 1 N–H and O–H groups in total. The van der Waals surface area contributed by atoms with Crippen LogP contribution in [0.25, 0.3) is 0 Å². The van der Waals surface area contributed by atoms with Crippen molar-refractivity contribution in [3.05, 3.63) is 75.7 Å². The van der Waals surface area contributed by atoms with Crippen molar-refractivity contribution in [1.29, 1.82) is 0 Å². The zero-order chi connectivity index (χ0) is 20.4. The molecule has 4 rings (SSSR count). The summed E-state index contributed by atoms with van der Waals surface area (Å²) in [5.41, 5.74) is 2.26. The lowest BCUT2D eigenvalue weighted by Gasteiger charge is -2.37. The van der Waals surface area contributed by atoms with Gasteiger partial charge in [0.2, 0.25) is 0 Å². The Kier molecular flexibility index (Phi) is 5.40. The van der Waals surface area contributed by atoms with Crippen LogP contribution in [0.3, 0.4) is 0 Å². The Morgan fingerprint density at radius 1 is 1.14 bits per heavy atom. The minimum atomic E-state index is -0.461.